The Bertz CT molecular complexity index is 364. The first-order valence-electron chi connectivity index (χ1n) is 4.28. The van der Waals surface area contributed by atoms with Crippen molar-refractivity contribution in [2.45, 2.75) is 13.8 Å². The summed E-state index contributed by atoms with van der Waals surface area (Å²) in [7, 11) is 0. The number of hydrogen-bond acceptors (Lipinski definition) is 5. The highest BCUT2D eigenvalue weighted by Gasteiger charge is 2.10. The van der Waals surface area contributed by atoms with Crippen LogP contribution in [0, 0.1) is 0 Å². The highest BCUT2D eigenvalue weighted by molar-refractivity contribution is 7.14. The fourth-order valence-corrected chi connectivity index (χ4v) is 1.51. The van der Waals surface area contributed by atoms with Gasteiger partial charge in [-0.1, -0.05) is 0 Å². The molecule has 0 aromatic carbocycles. The number of hydroxylamine groups is 1. The van der Waals surface area contributed by atoms with Gasteiger partial charge in [-0.2, -0.15) is 0 Å². The van der Waals surface area contributed by atoms with Crippen molar-refractivity contribution < 1.29 is 14.4 Å². The maximum Gasteiger partial charge on any atom is 0.294 e. The van der Waals surface area contributed by atoms with Gasteiger partial charge >= 0.3 is 0 Å². The van der Waals surface area contributed by atoms with E-state index in [1.807, 2.05) is 0 Å². The summed E-state index contributed by atoms with van der Waals surface area (Å²) >= 11 is 1.18. The molecule has 15 heavy (non-hydrogen) atoms. The lowest BCUT2D eigenvalue weighted by Crippen LogP contribution is -2.23. The van der Waals surface area contributed by atoms with Gasteiger partial charge in [-0.05, 0) is 6.92 Å². The molecule has 0 aliphatic carbocycles. The summed E-state index contributed by atoms with van der Waals surface area (Å²) < 4.78 is 0. The average Bonchev–Trinajstić information content (AvgIpc) is 2.61. The molecule has 0 unspecified atom stereocenters. The van der Waals surface area contributed by atoms with Crippen LogP contribution in [-0.2, 0) is 9.63 Å². The van der Waals surface area contributed by atoms with Crippen molar-refractivity contribution in [3.05, 3.63) is 11.1 Å². The van der Waals surface area contributed by atoms with Gasteiger partial charge in [0.2, 0.25) is 5.91 Å². The van der Waals surface area contributed by atoms with E-state index in [0.717, 1.165) is 0 Å². The summed E-state index contributed by atoms with van der Waals surface area (Å²) in [5.41, 5.74) is 2.43. The number of aromatic nitrogens is 1. The second kappa shape index (κ2) is 5.42. The molecule has 0 spiro atoms. The van der Waals surface area contributed by atoms with Crippen molar-refractivity contribution in [2.75, 3.05) is 11.9 Å². The maximum atomic E-state index is 11.3. The molecule has 2 amide bonds. The van der Waals surface area contributed by atoms with Crippen LogP contribution in [-0.4, -0.2) is 23.4 Å². The van der Waals surface area contributed by atoms with Gasteiger partial charge in [-0.15, -0.1) is 11.3 Å². The molecule has 1 aromatic rings. The molecule has 0 fully saturated rings. The monoisotopic (exact) mass is 229 g/mol. The molecule has 0 aliphatic heterocycles. The lowest BCUT2D eigenvalue weighted by molar-refractivity contribution is -0.114. The molecular weight excluding hydrogens is 218 g/mol. The molecule has 0 aliphatic rings. The molecule has 6 nitrogen and oxygen atoms in total. The minimum Gasteiger partial charge on any atom is -0.302 e. The number of carbonyl (C=O) groups excluding carboxylic acids is 2. The topological polar surface area (TPSA) is 80.3 Å². The smallest absolute Gasteiger partial charge is 0.294 e. The van der Waals surface area contributed by atoms with Crippen molar-refractivity contribution >= 4 is 28.3 Å². The molecule has 1 heterocycles. The number of carbonyl (C=O) groups is 2. The molecule has 7 heteroatoms. The van der Waals surface area contributed by atoms with Crippen molar-refractivity contribution in [3.63, 3.8) is 0 Å². The van der Waals surface area contributed by atoms with Gasteiger partial charge in [0.15, 0.2) is 5.13 Å². The van der Waals surface area contributed by atoms with E-state index in [1.54, 1.807) is 12.3 Å². The van der Waals surface area contributed by atoms with Crippen LogP contribution in [0.15, 0.2) is 5.38 Å². The fraction of sp³-hybridized carbons (Fsp3) is 0.375. The van der Waals surface area contributed by atoms with Gasteiger partial charge in [0.25, 0.3) is 5.91 Å². The molecule has 1 aromatic heterocycles. The maximum absolute atomic E-state index is 11.3. The van der Waals surface area contributed by atoms with E-state index in [1.165, 1.54) is 18.3 Å². The standard InChI is InChI=1S/C8H11N3O3S/c1-3-14-11-7(13)6-4-15-8(10-6)9-5(2)12/h4H,3H2,1-2H3,(H,11,13)(H,9,10,12). The Morgan fingerprint density at radius 1 is 1.60 bits per heavy atom. The van der Waals surface area contributed by atoms with Gasteiger partial charge in [-0.3, -0.25) is 14.4 Å². The third-order valence-electron chi connectivity index (χ3n) is 1.33. The lowest BCUT2D eigenvalue weighted by Gasteiger charge is -1.99. The molecule has 0 bridgehead atoms. The quantitative estimate of drug-likeness (QED) is 0.748. The third kappa shape index (κ3) is 3.64. The van der Waals surface area contributed by atoms with E-state index >= 15 is 0 Å². The first-order chi connectivity index (χ1) is 7.13. The van der Waals surface area contributed by atoms with E-state index in [4.69, 9.17) is 4.84 Å². The SMILES string of the molecule is CCONC(=O)c1csc(NC(C)=O)n1. The van der Waals surface area contributed by atoms with Gasteiger partial charge in [0, 0.05) is 12.3 Å². The number of thiazole rings is 1. The zero-order valence-corrected chi connectivity index (χ0v) is 9.18. The number of hydrogen-bond donors (Lipinski definition) is 2. The summed E-state index contributed by atoms with van der Waals surface area (Å²) in [5, 5.41) is 4.42. The number of anilines is 1. The minimum absolute atomic E-state index is 0.220. The highest BCUT2D eigenvalue weighted by Crippen LogP contribution is 2.14. The first-order valence-corrected chi connectivity index (χ1v) is 5.16. The van der Waals surface area contributed by atoms with Crippen LogP contribution < -0.4 is 10.8 Å². The van der Waals surface area contributed by atoms with Gasteiger partial charge in [0.1, 0.15) is 5.69 Å². The van der Waals surface area contributed by atoms with Crippen LogP contribution in [0.3, 0.4) is 0 Å². The van der Waals surface area contributed by atoms with Crippen LogP contribution in [0.25, 0.3) is 0 Å². The Labute approximate surface area is 90.6 Å². The number of rotatable bonds is 4. The summed E-state index contributed by atoms with van der Waals surface area (Å²) in [6, 6.07) is 0. The average molecular weight is 229 g/mol. The molecule has 1 rings (SSSR count). The van der Waals surface area contributed by atoms with Gasteiger partial charge in [-0.25, -0.2) is 10.5 Å². The van der Waals surface area contributed by atoms with E-state index in [0.29, 0.717) is 11.7 Å². The molecule has 0 radical (unpaired) electrons. The van der Waals surface area contributed by atoms with E-state index in [9.17, 15) is 9.59 Å². The Morgan fingerprint density at radius 3 is 2.93 bits per heavy atom. The molecule has 82 valence electrons. The van der Waals surface area contributed by atoms with Crippen molar-refractivity contribution in [3.8, 4) is 0 Å². The molecule has 0 saturated carbocycles. The van der Waals surface area contributed by atoms with Crippen LogP contribution in [0.1, 0.15) is 24.3 Å². The predicted molar refractivity (Wildman–Crippen MR) is 55.5 cm³/mol. The Balaban J connectivity index is 2.59. The van der Waals surface area contributed by atoms with Crippen LogP contribution in [0.2, 0.25) is 0 Å². The normalized spacial score (nSPS) is 9.73. The van der Waals surface area contributed by atoms with Crippen LogP contribution in [0.4, 0.5) is 5.13 Å². The number of nitrogens with one attached hydrogen (secondary N) is 2. The molecule has 2 N–H and O–H groups in total. The number of nitrogens with zero attached hydrogens (tertiary/aromatic N) is 1. The molecule has 0 saturated heterocycles. The van der Waals surface area contributed by atoms with Gasteiger partial charge < -0.3 is 5.32 Å². The molecular formula is C8H11N3O3S. The summed E-state index contributed by atoms with van der Waals surface area (Å²) in [6.45, 7) is 3.51. The van der Waals surface area contributed by atoms with Crippen molar-refractivity contribution in [1.82, 2.24) is 10.5 Å². The summed E-state index contributed by atoms with van der Waals surface area (Å²) in [5.74, 6) is -0.647. The fourth-order valence-electron chi connectivity index (χ4n) is 0.776. The number of amides is 2. The van der Waals surface area contributed by atoms with E-state index in [-0.39, 0.29) is 11.6 Å². The highest BCUT2D eigenvalue weighted by atomic mass is 32.1. The minimum atomic E-state index is -0.426. The second-order valence-corrected chi connectivity index (χ2v) is 3.44. The van der Waals surface area contributed by atoms with E-state index < -0.39 is 5.91 Å². The summed E-state index contributed by atoms with van der Waals surface area (Å²) in [4.78, 5) is 30.6. The van der Waals surface area contributed by atoms with Crippen molar-refractivity contribution in [1.29, 1.82) is 0 Å². The lowest BCUT2D eigenvalue weighted by atomic mass is 10.5. The Morgan fingerprint density at radius 2 is 2.33 bits per heavy atom. The predicted octanol–water partition coefficient (Wildman–Crippen LogP) is 0.783. The first kappa shape index (κ1) is 11.6. The molecule has 0 atom stereocenters. The largest absolute Gasteiger partial charge is 0.302 e. The summed E-state index contributed by atoms with van der Waals surface area (Å²) in [6.07, 6.45) is 0. The van der Waals surface area contributed by atoms with Crippen LogP contribution >= 0.6 is 11.3 Å². The van der Waals surface area contributed by atoms with Crippen LogP contribution in [0.5, 0.6) is 0 Å². The third-order valence-corrected chi connectivity index (χ3v) is 2.09. The van der Waals surface area contributed by atoms with E-state index in [2.05, 4.69) is 15.8 Å². The van der Waals surface area contributed by atoms with Crippen molar-refractivity contribution in [2.24, 2.45) is 0 Å². The zero-order chi connectivity index (χ0) is 11.3. The Kier molecular flexibility index (Phi) is 4.19. The van der Waals surface area contributed by atoms with Gasteiger partial charge in [0.05, 0.1) is 6.61 Å². The second-order valence-electron chi connectivity index (χ2n) is 2.58. The Hall–Kier alpha value is -1.47. The zero-order valence-electron chi connectivity index (χ0n) is 8.36.